The summed E-state index contributed by atoms with van der Waals surface area (Å²) in [5, 5.41) is 2.81. The van der Waals surface area contributed by atoms with Crippen molar-refractivity contribution in [2.24, 2.45) is 5.92 Å². The first-order chi connectivity index (χ1) is 18.7. The number of ether oxygens (including phenoxy) is 1. The fourth-order valence-electron chi connectivity index (χ4n) is 4.66. The van der Waals surface area contributed by atoms with Gasteiger partial charge < -0.3 is 15.0 Å². The molecule has 0 spiro atoms. The number of hydrogen-bond donors (Lipinski definition) is 2. The van der Waals surface area contributed by atoms with Gasteiger partial charge in [0, 0.05) is 34.9 Å². The molecule has 3 aromatic carbocycles. The maximum Gasteiger partial charge on any atom is 0.310 e. The Bertz CT molecular complexity index is 1430. The van der Waals surface area contributed by atoms with Gasteiger partial charge in [0.15, 0.2) is 0 Å². The molecule has 1 amide bonds. The van der Waals surface area contributed by atoms with Gasteiger partial charge in [0.2, 0.25) is 10.0 Å². The first kappa shape index (κ1) is 28.8. The Morgan fingerprint density at radius 2 is 1.85 bits per heavy atom. The predicted molar refractivity (Wildman–Crippen MR) is 155 cm³/mol. The van der Waals surface area contributed by atoms with E-state index < -0.39 is 16.1 Å². The fourth-order valence-corrected chi connectivity index (χ4v) is 6.54. The molecule has 0 bridgehead atoms. The first-order valence-corrected chi connectivity index (χ1v) is 15.2. The molecule has 0 aliphatic carbocycles. The van der Waals surface area contributed by atoms with E-state index in [1.807, 2.05) is 41.3 Å². The second-order valence-corrected chi connectivity index (χ2v) is 12.0. The van der Waals surface area contributed by atoms with E-state index in [-0.39, 0.29) is 22.7 Å². The van der Waals surface area contributed by atoms with Gasteiger partial charge in [0.1, 0.15) is 4.90 Å². The standard InChI is InChI=1S/C29H32BrN3O5S/c1-3-38-29(35)23-12-8-16-33(19-23)26-15-14-25(31-28(34)22-11-7-13-24(30)17-22)18-27(26)39(36,37)32-20(2)21-9-5-4-6-10-21/h4-7,9-11,13-15,17-18,20,23,32H,3,8,12,16,19H2,1-2H3,(H,31,34)/t20-,23-/m0/s1. The molecule has 1 saturated heterocycles. The quantitative estimate of drug-likeness (QED) is 0.308. The lowest BCUT2D eigenvalue weighted by Crippen LogP contribution is -2.40. The van der Waals surface area contributed by atoms with Crippen LogP contribution in [0.1, 0.15) is 48.7 Å². The molecule has 0 saturated carbocycles. The summed E-state index contributed by atoms with van der Waals surface area (Å²) >= 11 is 3.37. The lowest BCUT2D eigenvalue weighted by Gasteiger charge is -2.34. The molecule has 0 aromatic heterocycles. The summed E-state index contributed by atoms with van der Waals surface area (Å²) in [5.41, 5.74) is 2.07. The Hall–Kier alpha value is -3.21. The Kier molecular flexibility index (Phi) is 9.42. The number of piperidine rings is 1. The Morgan fingerprint density at radius 1 is 1.08 bits per heavy atom. The first-order valence-electron chi connectivity index (χ1n) is 12.9. The SMILES string of the molecule is CCOC(=O)[C@H]1CCCN(c2ccc(NC(=O)c3cccc(Br)c3)cc2S(=O)(=O)N[C@@H](C)c2ccccc2)C1. The number of hydrogen-bond acceptors (Lipinski definition) is 6. The van der Waals surface area contributed by atoms with Crippen LogP contribution in [0, 0.1) is 5.92 Å². The number of carbonyl (C=O) groups excluding carboxylic acids is 2. The Balaban J connectivity index is 1.68. The van der Waals surface area contributed by atoms with Gasteiger partial charge in [-0.05, 0) is 68.7 Å². The van der Waals surface area contributed by atoms with Crippen LogP contribution >= 0.6 is 15.9 Å². The van der Waals surface area contributed by atoms with E-state index in [2.05, 4.69) is 26.0 Å². The van der Waals surface area contributed by atoms with Crippen molar-refractivity contribution in [1.29, 1.82) is 0 Å². The Morgan fingerprint density at radius 3 is 2.56 bits per heavy atom. The van der Waals surface area contributed by atoms with Crippen molar-refractivity contribution >= 4 is 49.2 Å². The molecule has 39 heavy (non-hydrogen) atoms. The molecule has 1 aliphatic heterocycles. The molecular formula is C29H32BrN3O5S. The third-order valence-electron chi connectivity index (χ3n) is 6.61. The van der Waals surface area contributed by atoms with Gasteiger partial charge in [0.25, 0.3) is 5.91 Å². The monoisotopic (exact) mass is 613 g/mol. The molecule has 1 aliphatic rings. The second kappa shape index (κ2) is 12.8. The molecular weight excluding hydrogens is 582 g/mol. The molecule has 1 heterocycles. The van der Waals surface area contributed by atoms with Gasteiger partial charge in [-0.1, -0.05) is 52.3 Å². The van der Waals surface area contributed by atoms with Gasteiger partial charge in [-0.15, -0.1) is 0 Å². The van der Waals surface area contributed by atoms with E-state index in [0.29, 0.717) is 43.1 Å². The van der Waals surface area contributed by atoms with E-state index in [0.717, 1.165) is 16.5 Å². The van der Waals surface area contributed by atoms with Crippen molar-refractivity contribution in [3.63, 3.8) is 0 Å². The molecule has 10 heteroatoms. The minimum Gasteiger partial charge on any atom is -0.466 e. The molecule has 2 atom stereocenters. The number of benzene rings is 3. The van der Waals surface area contributed by atoms with Crippen LogP contribution in [0.2, 0.25) is 0 Å². The van der Waals surface area contributed by atoms with Crippen LogP contribution in [-0.2, 0) is 19.6 Å². The zero-order valence-corrected chi connectivity index (χ0v) is 24.3. The topological polar surface area (TPSA) is 105 Å². The van der Waals surface area contributed by atoms with Gasteiger partial charge in [0.05, 0.1) is 18.2 Å². The van der Waals surface area contributed by atoms with Crippen LogP contribution in [0.4, 0.5) is 11.4 Å². The van der Waals surface area contributed by atoms with Crippen LogP contribution in [0.3, 0.4) is 0 Å². The van der Waals surface area contributed by atoms with Gasteiger partial charge in [-0.2, -0.15) is 0 Å². The minimum atomic E-state index is -4.03. The number of amides is 1. The zero-order valence-electron chi connectivity index (χ0n) is 21.9. The summed E-state index contributed by atoms with van der Waals surface area (Å²) in [6.07, 6.45) is 1.40. The van der Waals surface area contributed by atoms with Crippen molar-refractivity contribution in [2.45, 2.75) is 37.6 Å². The van der Waals surface area contributed by atoms with Crippen LogP contribution < -0.4 is 14.9 Å². The third kappa shape index (κ3) is 7.26. The van der Waals surface area contributed by atoms with Gasteiger partial charge in [-0.3, -0.25) is 9.59 Å². The number of sulfonamides is 1. The van der Waals surface area contributed by atoms with E-state index in [1.165, 1.54) is 6.07 Å². The van der Waals surface area contributed by atoms with E-state index >= 15 is 0 Å². The average molecular weight is 615 g/mol. The number of nitrogens with one attached hydrogen (secondary N) is 2. The number of anilines is 2. The summed E-state index contributed by atoms with van der Waals surface area (Å²) in [7, 11) is -4.03. The maximum atomic E-state index is 13.8. The smallest absolute Gasteiger partial charge is 0.310 e. The van der Waals surface area contributed by atoms with Crippen LogP contribution in [0.5, 0.6) is 0 Å². The van der Waals surface area contributed by atoms with Crippen molar-refractivity contribution in [3.8, 4) is 0 Å². The highest BCUT2D eigenvalue weighted by Gasteiger charge is 2.31. The molecule has 1 fully saturated rings. The van der Waals surface area contributed by atoms with Crippen molar-refractivity contribution in [3.05, 3.63) is 88.4 Å². The molecule has 0 unspecified atom stereocenters. The number of nitrogens with zero attached hydrogens (tertiary/aromatic N) is 1. The molecule has 3 aromatic rings. The van der Waals surface area contributed by atoms with Crippen molar-refractivity contribution in [2.75, 3.05) is 29.9 Å². The summed E-state index contributed by atoms with van der Waals surface area (Å²) in [6.45, 7) is 4.78. The number of rotatable bonds is 9. The van der Waals surface area contributed by atoms with E-state index in [4.69, 9.17) is 4.74 Å². The maximum absolute atomic E-state index is 13.8. The molecule has 2 N–H and O–H groups in total. The summed E-state index contributed by atoms with van der Waals surface area (Å²) < 4.78 is 36.4. The largest absolute Gasteiger partial charge is 0.466 e. The highest BCUT2D eigenvalue weighted by molar-refractivity contribution is 9.10. The van der Waals surface area contributed by atoms with Crippen molar-refractivity contribution < 1.29 is 22.7 Å². The van der Waals surface area contributed by atoms with E-state index in [9.17, 15) is 18.0 Å². The van der Waals surface area contributed by atoms with E-state index in [1.54, 1.807) is 44.2 Å². The lowest BCUT2D eigenvalue weighted by atomic mass is 9.97. The summed E-state index contributed by atoms with van der Waals surface area (Å²) in [6, 6.07) is 20.6. The number of esters is 1. The van der Waals surface area contributed by atoms with Gasteiger partial charge >= 0.3 is 5.97 Å². The molecule has 4 rings (SSSR count). The second-order valence-electron chi connectivity index (χ2n) is 9.44. The summed E-state index contributed by atoms with van der Waals surface area (Å²) in [5.74, 6) is -0.986. The highest BCUT2D eigenvalue weighted by Crippen LogP contribution is 2.33. The highest BCUT2D eigenvalue weighted by atomic mass is 79.9. The fraction of sp³-hybridized carbons (Fsp3) is 0.310. The normalized spacial score (nSPS) is 16.4. The van der Waals surface area contributed by atoms with Crippen LogP contribution in [0.15, 0.2) is 82.2 Å². The van der Waals surface area contributed by atoms with Crippen molar-refractivity contribution in [1.82, 2.24) is 4.72 Å². The zero-order chi connectivity index (χ0) is 28.0. The Labute approximate surface area is 237 Å². The molecule has 0 radical (unpaired) electrons. The molecule has 206 valence electrons. The van der Waals surface area contributed by atoms with Gasteiger partial charge in [-0.25, -0.2) is 13.1 Å². The average Bonchev–Trinajstić information content (AvgIpc) is 2.93. The van der Waals surface area contributed by atoms with Crippen LogP contribution in [-0.4, -0.2) is 40.0 Å². The minimum absolute atomic E-state index is 0.0295. The molecule has 8 nitrogen and oxygen atoms in total. The number of halogens is 1. The number of carbonyl (C=O) groups is 2. The lowest BCUT2D eigenvalue weighted by molar-refractivity contribution is -0.148. The third-order valence-corrected chi connectivity index (χ3v) is 8.67. The van der Waals surface area contributed by atoms with Crippen LogP contribution in [0.25, 0.3) is 0 Å². The summed E-state index contributed by atoms with van der Waals surface area (Å²) in [4.78, 5) is 27.3. The predicted octanol–water partition coefficient (Wildman–Crippen LogP) is 5.52.